The number of ether oxygens (including phenoxy) is 1. The van der Waals surface area contributed by atoms with Crippen molar-refractivity contribution < 1.29 is 9.53 Å². The topological polar surface area (TPSA) is 79.9 Å². The summed E-state index contributed by atoms with van der Waals surface area (Å²) in [5, 5.41) is 11.5. The Morgan fingerprint density at radius 2 is 2.22 bits per heavy atom. The summed E-state index contributed by atoms with van der Waals surface area (Å²) in [6.07, 6.45) is 1.26. The Hall–Kier alpha value is -2.51. The van der Waals surface area contributed by atoms with Crippen molar-refractivity contribution in [2.45, 2.75) is 6.10 Å². The third-order valence-electron chi connectivity index (χ3n) is 3.43. The first-order chi connectivity index (χ1) is 11.3. The molecule has 6 nitrogen and oxygen atoms in total. The molecule has 2 heterocycles. The Kier molecular flexibility index (Phi) is 4.80. The first-order valence-electron chi connectivity index (χ1n) is 7.08. The number of aromatic nitrogens is 3. The maximum atomic E-state index is 12.5. The minimum atomic E-state index is -0.171. The summed E-state index contributed by atoms with van der Waals surface area (Å²) < 4.78 is 5.45. The summed E-state index contributed by atoms with van der Waals surface area (Å²) in [6, 6.07) is 11.2. The van der Waals surface area contributed by atoms with Crippen molar-refractivity contribution in [3.63, 3.8) is 0 Å². The van der Waals surface area contributed by atoms with Crippen LogP contribution in [0.15, 0.2) is 48.1 Å². The molecular formula is C16H16N4O2S. The molecule has 0 aliphatic heterocycles. The highest BCUT2D eigenvalue weighted by atomic mass is 32.1. The van der Waals surface area contributed by atoms with Crippen LogP contribution in [0.1, 0.15) is 21.3 Å². The third-order valence-corrected chi connectivity index (χ3v) is 4.40. The van der Waals surface area contributed by atoms with Crippen LogP contribution in [0.4, 0.5) is 0 Å². The largest absolute Gasteiger partial charge is 0.374 e. The summed E-state index contributed by atoms with van der Waals surface area (Å²) in [7, 11) is 1.64. The number of aromatic amines is 1. The molecule has 3 rings (SSSR count). The molecule has 0 spiro atoms. The van der Waals surface area contributed by atoms with Crippen LogP contribution < -0.4 is 5.32 Å². The average Bonchev–Trinajstić information content (AvgIpc) is 3.29. The van der Waals surface area contributed by atoms with Gasteiger partial charge in [0.25, 0.3) is 5.91 Å². The van der Waals surface area contributed by atoms with Gasteiger partial charge in [-0.2, -0.15) is 5.10 Å². The van der Waals surface area contributed by atoms with Crippen LogP contribution in [0.25, 0.3) is 11.4 Å². The maximum Gasteiger partial charge on any atom is 0.252 e. The number of nitrogens with zero attached hydrogens (tertiary/aromatic N) is 2. The van der Waals surface area contributed by atoms with Gasteiger partial charge in [0.2, 0.25) is 0 Å². The van der Waals surface area contributed by atoms with Crippen LogP contribution >= 0.6 is 11.3 Å². The number of hydrogen-bond acceptors (Lipinski definition) is 5. The molecule has 0 bridgehead atoms. The number of carbonyl (C=O) groups is 1. The van der Waals surface area contributed by atoms with E-state index < -0.39 is 0 Å². The van der Waals surface area contributed by atoms with Crippen molar-refractivity contribution in [1.82, 2.24) is 20.5 Å². The van der Waals surface area contributed by atoms with Gasteiger partial charge in [0.1, 0.15) is 12.4 Å². The fourth-order valence-corrected chi connectivity index (χ4v) is 3.08. The highest BCUT2D eigenvalue weighted by Crippen LogP contribution is 2.22. The van der Waals surface area contributed by atoms with E-state index in [1.165, 1.54) is 6.33 Å². The minimum absolute atomic E-state index is 0.156. The van der Waals surface area contributed by atoms with Gasteiger partial charge in [0.15, 0.2) is 5.82 Å². The normalized spacial score (nSPS) is 12.0. The number of carbonyl (C=O) groups excluding carboxylic acids is 1. The van der Waals surface area contributed by atoms with Gasteiger partial charge < -0.3 is 10.1 Å². The summed E-state index contributed by atoms with van der Waals surface area (Å²) in [4.78, 5) is 17.7. The molecule has 7 heteroatoms. The highest BCUT2D eigenvalue weighted by Gasteiger charge is 2.17. The second-order valence-corrected chi connectivity index (χ2v) is 5.81. The third kappa shape index (κ3) is 3.46. The lowest BCUT2D eigenvalue weighted by Crippen LogP contribution is -2.29. The van der Waals surface area contributed by atoms with E-state index in [4.69, 9.17) is 4.74 Å². The number of nitrogens with one attached hydrogen (secondary N) is 2. The van der Waals surface area contributed by atoms with Crippen LogP contribution in [-0.4, -0.2) is 34.7 Å². The zero-order chi connectivity index (χ0) is 16.1. The van der Waals surface area contributed by atoms with E-state index in [-0.39, 0.29) is 12.0 Å². The van der Waals surface area contributed by atoms with E-state index in [1.54, 1.807) is 24.5 Å². The number of amides is 1. The number of hydrogen-bond donors (Lipinski definition) is 2. The van der Waals surface area contributed by atoms with E-state index in [2.05, 4.69) is 20.5 Å². The molecular weight excluding hydrogens is 312 g/mol. The molecule has 1 amide bonds. The predicted molar refractivity (Wildman–Crippen MR) is 88.2 cm³/mol. The van der Waals surface area contributed by atoms with Crippen molar-refractivity contribution in [1.29, 1.82) is 0 Å². The number of methoxy groups -OCH3 is 1. The fraction of sp³-hybridized carbons (Fsp3) is 0.188. The molecule has 2 N–H and O–H groups in total. The lowest BCUT2D eigenvalue weighted by Gasteiger charge is -2.15. The quantitative estimate of drug-likeness (QED) is 0.729. The monoisotopic (exact) mass is 328 g/mol. The van der Waals surface area contributed by atoms with Gasteiger partial charge in [-0.25, -0.2) is 4.98 Å². The lowest BCUT2D eigenvalue weighted by atomic mass is 10.1. The lowest BCUT2D eigenvalue weighted by molar-refractivity contribution is 0.0838. The van der Waals surface area contributed by atoms with E-state index in [1.807, 2.05) is 35.7 Å². The van der Waals surface area contributed by atoms with Crippen LogP contribution in [0.5, 0.6) is 0 Å². The first-order valence-corrected chi connectivity index (χ1v) is 7.96. The molecule has 0 aliphatic rings. The molecule has 2 aromatic heterocycles. The second kappa shape index (κ2) is 7.17. The van der Waals surface area contributed by atoms with Crippen molar-refractivity contribution in [2.24, 2.45) is 0 Å². The molecule has 1 atom stereocenters. The highest BCUT2D eigenvalue weighted by molar-refractivity contribution is 7.10. The van der Waals surface area contributed by atoms with Crippen LogP contribution in [-0.2, 0) is 4.74 Å². The van der Waals surface area contributed by atoms with Crippen molar-refractivity contribution in [3.05, 3.63) is 58.5 Å². The summed E-state index contributed by atoms with van der Waals surface area (Å²) >= 11 is 1.60. The van der Waals surface area contributed by atoms with Crippen LogP contribution in [0.3, 0.4) is 0 Å². The van der Waals surface area contributed by atoms with Gasteiger partial charge in [-0.1, -0.05) is 24.3 Å². The van der Waals surface area contributed by atoms with E-state index in [0.29, 0.717) is 23.5 Å². The standard InChI is InChI=1S/C16H16N4O2S/c1-22-13(14-7-4-8-23-14)9-17-16(21)12-6-3-2-5-11(12)15-18-10-19-20-15/h2-8,10,13H,9H2,1H3,(H,17,21)(H,18,19,20)/t13-/m1/s1. The molecule has 0 saturated carbocycles. The first kappa shape index (κ1) is 15.4. The van der Waals surface area contributed by atoms with Gasteiger partial charge in [-0.15, -0.1) is 11.3 Å². The number of H-pyrrole nitrogens is 1. The molecule has 0 fully saturated rings. The molecule has 1 aromatic carbocycles. The Morgan fingerprint density at radius 1 is 1.35 bits per heavy atom. The predicted octanol–water partition coefficient (Wildman–Crippen LogP) is 2.65. The molecule has 0 aliphatic carbocycles. The Morgan fingerprint density at radius 3 is 2.91 bits per heavy atom. The smallest absolute Gasteiger partial charge is 0.252 e. The summed E-state index contributed by atoms with van der Waals surface area (Å²) in [6.45, 7) is 0.403. The van der Waals surface area contributed by atoms with Crippen molar-refractivity contribution >= 4 is 17.2 Å². The Labute approximate surface area is 137 Å². The van der Waals surface area contributed by atoms with E-state index in [9.17, 15) is 4.79 Å². The second-order valence-electron chi connectivity index (χ2n) is 4.83. The van der Waals surface area contributed by atoms with Crippen LogP contribution in [0.2, 0.25) is 0 Å². The SMILES string of the molecule is CO[C@H](CNC(=O)c1ccccc1-c1ncn[nH]1)c1cccs1. The summed E-state index contributed by atoms with van der Waals surface area (Å²) in [5.41, 5.74) is 1.26. The van der Waals surface area contributed by atoms with Crippen molar-refractivity contribution in [3.8, 4) is 11.4 Å². The van der Waals surface area contributed by atoms with Crippen molar-refractivity contribution in [2.75, 3.05) is 13.7 Å². The fourth-order valence-electron chi connectivity index (χ4n) is 2.28. The molecule has 0 radical (unpaired) electrons. The minimum Gasteiger partial charge on any atom is -0.374 e. The Bertz CT molecular complexity index is 756. The Balaban J connectivity index is 1.74. The maximum absolute atomic E-state index is 12.5. The van der Waals surface area contributed by atoms with Gasteiger partial charge in [-0.3, -0.25) is 9.89 Å². The summed E-state index contributed by atoms with van der Waals surface area (Å²) in [5.74, 6) is 0.396. The zero-order valence-corrected chi connectivity index (χ0v) is 13.3. The number of thiophene rings is 1. The molecule has 0 unspecified atom stereocenters. The molecule has 3 aromatic rings. The van der Waals surface area contributed by atoms with Crippen LogP contribution in [0, 0.1) is 0 Å². The van der Waals surface area contributed by atoms with E-state index >= 15 is 0 Å². The van der Waals surface area contributed by atoms with Gasteiger partial charge in [0, 0.05) is 24.1 Å². The molecule has 0 saturated heterocycles. The van der Waals surface area contributed by atoms with Gasteiger partial charge in [-0.05, 0) is 17.5 Å². The average molecular weight is 328 g/mol. The molecule has 23 heavy (non-hydrogen) atoms. The van der Waals surface area contributed by atoms with E-state index in [0.717, 1.165) is 4.88 Å². The van der Waals surface area contributed by atoms with Gasteiger partial charge in [0.05, 0.1) is 5.56 Å². The molecule has 118 valence electrons. The number of benzene rings is 1. The number of rotatable bonds is 6. The zero-order valence-electron chi connectivity index (χ0n) is 12.5. The van der Waals surface area contributed by atoms with Gasteiger partial charge >= 0.3 is 0 Å².